The fraction of sp³-hybridized carbons (Fsp3) is 0.571. The number of nitrogens with two attached hydrogens (primary N) is 1. The van der Waals surface area contributed by atoms with Crippen molar-refractivity contribution in [1.82, 2.24) is 0 Å². The molecule has 1 aromatic carbocycles. The molecule has 0 fully saturated rings. The molecule has 3 N–H and O–H groups in total. The minimum atomic E-state index is 0.259. The zero-order valence-corrected chi connectivity index (χ0v) is 11.5. The largest absolute Gasteiger partial charge is 0.495 e. The molecule has 1 aromatic rings. The van der Waals surface area contributed by atoms with Crippen molar-refractivity contribution in [2.45, 2.75) is 25.8 Å². The lowest BCUT2D eigenvalue weighted by molar-refractivity contribution is 0.182. The van der Waals surface area contributed by atoms with Gasteiger partial charge in [-0.1, -0.05) is 6.07 Å². The Kier molecular flexibility index (Phi) is 6.54. The number of nitrogens with one attached hydrogen (secondary N) is 1. The van der Waals surface area contributed by atoms with Crippen LogP contribution in [-0.4, -0.2) is 33.4 Å². The predicted octanol–water partition coefficient (Wildman–Crippen LogP) is 2.17. The van der Waals surface area contributed by atoms with Crippen molar-refractivity contribution in [1.29, 1.82) is 0 Å². The van der Waals surface area contributed by atoms with E-state index in [-0.39, 0.29) is 6.04 Å². The van der Waals surface area contributed by atoms with Crippen LogP contribution in [0.2, 0.25) is 0 Å². The number of methoxy groups -OCH3 is 2. The monoisotopic (exact) mass is 252 g/mol. The molecule has 0 aliphatic heterocycles. The molecule has 0 saturated carbocycles. The van der Waals surface area contributed by atoms with E-state index < -0.39 is 0 Å². The number of hydrogen-bond acceptors (Lipinski definition) is 4. The van der Waals surface area contributed by atoms with E-state index in [2.05, 4.69) is 18.3 Å². The maximum absolute atomic E-state index is 5.55. The van der Waals surface area contributed by atoms with Crippen LogP contribution in [0.1, 0.15) is 18.4 Å². The molecule has 1 unspecified atom stereocenters. The van der Waals surface area contributed by atoms with Gasteiger partial charge in [0, 0.05) is 13.2 Å². The van der Waals surface area contributed by atoms with Gasteiger partial charge in [-0.2, -0.15) is 0 Å². The van der Waals surface area contributed by atoms with Gasteiger partial charge in [-0.25, -0.2) is 0 Å². The minimum Gasteiger partial charge on any atom is -0.495 e. The molecule has 0 aliphatic rings. The molecular weight excluding hydrogens is 228 g/mol. The third-order valence-electron chi connectivity index (χ3n) is 2.84. The Morgan fingerprint density at radius 1 is 1.33 bits per heavy atom. The van der Waals surface area contributed by atoms with E-state index in [9.17, 15) is 0 Å². The van der Waals surface area contributed by atoms with E-state index in [0.717, 1.165) is 24.3 Å². The Bertz CT molecular complexity index is 356. The van der Waals surface area contributed by atoms with E-state index in [0.29, 0.717) is 13.2 Å². The second-order valence-electron chi connectivity index (χ2n) is 4.43. The highest BCUT2D eigenvalue weighted by Gasteiger charge is 2.11. The smallest absolute Gasteiger partial charge is 0.141 e. The molecule has 1 rings (SSSR count). The highest BCUT2D eigenvalue weighted by molar-refractivity contribution is 5.58. The minimum absolute atomic E-state index is 0.259. The first-order valence-electron chi connectivity index (χ1n) is 6.31. The van der Waals surface area contributed by atoms with Crippen LogP contribution in [0.3, 0.4) is 0 Å². The third kappa shape index (κ3) is 4.55. The van der Waals surface area contributed by atoms with Crippen molar-refractivity contribution in [2.75, 3.05) is 32.7 Å². The molecule has 0 amide bonds. The van der Waals surface area contributed by atoms with Crippen LogP contribution in [-0.2, 0) is 4.74 Å². The summed E-state index contributed by atoms with van der Waals surface area (Å²) in [5.41, 5.74) is 7.77. The molecule has 0 radical (unpaired) electrons. The van der Waals surface area contributed by atoms with Gasteiger partial charge in [-0.3, -0.25) is 0 Å². The first kappa shape index (κ1) is 14.8. The number of benzene rings is 1. The van der Waals surface area contributed by atoms with Crippen LogP contribution < -0.4 is 15.8 Å². The highest BCUT2D eigenvalue weighted by Crippen LogP contribution is 2.26. The molecule has 18 heavy (non-hydrogen) atoms. The predicted molar refractivity (Wildman–Crippen MR) is 75.3 cm³/mol. The molecule has 1 atom stereocenters. The number of anilines is 1. The first-order valence-corrected chi connectivity index (χ1v) is 6.31. The number of ether oxygens (including phenoxy) is 2. The van der Waals surface area contributed by atoms with E-state index in [1.54, 1.807) is 14.2 Å². The Balaban J connectivity index is 2.74. The van der Waals surface area contributed by atoms with Gasteiger partial charge in [0.2, 0.25) is 0 Å². The fourth-order valence-electron chi connectivity index (χ4n) is 1.92. The van der Waals surface area contributed by atoms with Crippen molar-refractivity contribution in [3.63, 3.8) is 0 Å². The molecule has 0 aromatic heterocycles. The molecular formula is C14H24N2O2. The third-order valence-corrected chi connectivity index (χ3v) is 2.84. The molecule has 4 heteroatoms. The SMILES string of the molecule is COCC(CCCN)Nc1cc(C)ccc1OC. The summed E-state index contributed by atoms with van der Waals surface area (Å²) in [6, 6.07) is 6.36. The van der Waals surface area contributed by atoms with E-state index in [1.165, 1.54) is 5.56 Å². The molecule has 0 bridgehead atoms. The van der Waals surface area contributed by atoms with Crippen LogP contribution in [0.15, 0.2) is 18.2 Å². The summed E-state index contributed by atoms with van der Waals surface area (Å²) in [6.45, 7) is 3.43. The maximum Gasteiger partial charge on any atom is 0.141 e. The van der Waals surface area contributed by atoms with Gasteiger partial charge in [-0.05, 0) is 44.0 Å². The van der Waals surface area contributed by atoms with Gasteiger partial charge in [-0.15, -0.1) is 0 Å². The van der Waals surface area contributed by atoms with Gasteiger partial charge >= 0.3 is 0 Å². The Morgan fingerprint density at radius 2 is 2.11 bits per heavy atom. The second kappa shape index (κ2) is 7.95. The molecule has 0 aliphatic carbocycles. The summed E-state index contributed by atoms with van der Waals surface area (Å²) in [4.78, 5) is 0. The van der Waals surface area contributed by atoms with E-state index >= 15 is 0 Å². The quantitative estimate of drug-likeness (QED) is 0.744. The summed E-state index contributed by atoms with van der Waals surface area (Å²) >= 11 is 0. The summed E-state index contributed by atoms with van der Waals surface area (Å²) in [5.74, 6) is 0.856. The topological polar surface area (TPSA) is 56.5 Å². The maximum atomic E-state index is 5.55. The number of aryl methyl sites for hydroxylation is 1. The molecule has 0 saturated heterocycles. The van der Waals surface area contributed by atoms with Gasteiger partial charge in [0.1, 0.15) is 5.75 Å². The Hall–Kier alpha value is -1.26. The van der Waals surface area contributed by atoms with Gasteiger partial charge in [0.15, 0.2) is 0 Å². The zero-order valence-electron chi connectivity index (χ0n) is 11.5. The van der Waals surface area contributed by atoms with Gasteiger partial charge in [0.25, 0.3) is 0 Å². The molecule has 102 valence electrons. The molecule has 4 nitrogen and oxygen atoms in total. The van der Waals surface area contributed by atoms with Crippen molar-refractivity contribution in [2.24, 2.45) is 5.73 Å². The fourth-order valence-corrected chi connectivity index (χ4v) is 1.92. The lowest BCUT2D eigenvalue weighted by Gasteiger charge is -2.21. The number of rotatable bonds is 8. The Morgan fingerprint density at radius 3 is 2.72 bits per heavy atom. The van der Waals surface area contributed by atoms with Crippen LogP contribution >= 0.6 is 0 Å². The standard InChI is InChI=1S/C14H24N2O2/c1-11-6-7-14(18-3)13(9-11)16-12(10-17-2)5-4-8-15/h6-7,9,12,16H,4-5,8,10,15H2,1-3H3. The Labute approximate surface area is 109 Å². The van der Waals surface area contributed by atoms with Crippen LogP contribution in [0.25, 0.3) is 0 Å². The molecule has 0 spiro atoms. The lowest BCUT2D eigenvalue weighted by Crippen LogP contribution is -2.26. The van der Waals surface area contributed by atoms with E-state index in [1.807, 2.05) is 12.1 Å². The summed E-state index contributed by atoms with van der Waals surface area (Å²) in [6.07, 6.45) is 1.97. The summed E-state index contributed by atoms with van der Waals surface area (Å²) in [5, 5.41) is 3.47. The number of hydrogen-bond donors (Lipinski definition) is 2. The average Bonchev–Trinajstić information content (AvgIpc) is 2.36. The van der Waals surface area contributed by atoms with Crippen molar-refractivity contribution >= 4 is 5.69 Å². The summed E-state index contributed by atoms with van der Waals surface area (Å²) < 4.78 is 10.6. The normalized spacial score (nSPS) is 12.2. The summed E-state index contributed by atoms with van der Waals surface area (Å²) in [7, 11) is 3.39. The first-order chi connectivity index (χ1) is 8.71. The van der Waals surface area contributed by atoms with Crippen LogP contribution in [0.5, 0.6) is 5.75 Å². The highest BCUT2D eigenvalue weighted by atomic mass is 16.5. The van der Waals surface area contributed by atoms with Crippen LogP contribution in [0.4, 0.5) is 5.69 Å². The lowest BCUT2D eigenvalue weighted by atomic mass is 10.1. The van der Waals surface area contributed by atoms with Gasteiger partial charge in [0.05, 0.1) is 19.4 Å². The second-order valence-corrected chi connectivity index (χ2v) is 4.43. The average molecular weight is 252 g/mol. The van der Waals surface area contributed by atoms with Crippen molar-refractivity contribution < 1.29 is 9.47 Å². The van der Waals surface area contributed by atoms with E-state index in [4.69, 9.17) is 15.2 Å². The molecule has 0 heterocycles. The van der Waals surface area contributed by atoms with Crippen molar-refractivity contribution in [3.8, 4) is 5.75 Å². The zero-order chi connectivity index (χ0) is 13.4. The van der Waals surface area contributed by atoms with Gasteiger partial charge < -0.3 is 20.5 Å². The van der Waals surface area contributed by atoms with Crippen molar-refractivity contribution in [3.05, 3.63) is 23.8 Å². The van der Waals surface area contributed by atoms with Crippen LogP contribution in [0, 0.1) is 6.92 Å².